The van der Waals surface area contributed by atoms with Crippen molar-refractivity contribution >= 4 is 22.8 Å². The second kappa shape index (κ2) is 6.13. The zero-order chi connectivity index (χ0) is 15.6. The van der Waals surface area contributed by atoms with Gasteiger partial charge in [0.15, 0.2) is 5.65 Å². The highest BCUT2D eigenvalue weighted by atomic mass is 32.1. The van der Waals surface area contributed by atoms with Crippen LogP contribution in [0.15, 0.2) is 23.7 Å². The van der Waals surface area contributed by atoms with Crippen LogP contribution in [-0.2, 0) is 6.54 Å². The summed E-state index contributed by atoms with van der Waals surface area (Å²) in [5.74, 6) is 0.668. The van der Waals surface area contributed by atoms with Crippen molar-refractivity contribution < 1.29 is 4.39 Å². The third-order valence-corrected chi connectivity index (χ3v) is 4.65. The van der Waals surface area contributed by atoms with Crippen molar-refractivity contribution in [3.8, 4) is 0 Å². The first-order valence-corrected chi connectivity index (χ1v) is 8.22. The fourth-order valence-corrected chi connectivity index (χ4v) is 3.44. The number of nitrogens with one attached hydrogen (secondary N) is 1. The lowest BCUT2D eigenvalue weighted by atomic mass is 10.2. The van der Waals surface area contributed by atoms with Gasteiger partial charge in [-0.2, -0.15) is 0 Å². The minimum atomic E-state index is -0.795. The summed E-state index contributed by atoms with van der Waals surface area (Å²) in [4.78, 5) is 6.41. The Labute approximate surface area is 135 Å². The van der Waals surface area contributed by atoms with Crippen LogP contribution >= 0.6 is 11.3 Å². The molecular formula is C13H15FN8S. The number of aromatic nitrogens is 6. The molecule has 1 fully saturated rings. The first-order chi connectivity index (χ1) is 11.3. The lowest BCUT2D eigenvalue weighted by Crippen LogP contribution is -2.34. The average Bonchev–Trinajstić information content (AvgIpc) is 3.26. The van der Waals surface area contributed by atoms with Crippen LogP contribution in [0.4, 0.5) is 10.2 Å². The molecule has 0 aliphatic carbocycles. The molecule has 0 amide bonds. The molecule has 1 saturated heterocycles. The molecule has 0 radical (unpaired) electrons. The van der Waals surface area contributed by atoms with E-state index in [1.54, 1.807) is 23.6 Å². The molecule has 8 nitrogen and oxygen atoms in total. The van der Waals surface area contributed by atoms with E-state index in [0.29, 0.717) is 37.5 Å². The zero-order valence-electron chi connectivity index (χ0n) is 12.2. The molecule has 0 unspecified atom stereocenters. The maximum atomic E-state index is 13.8. The summed E-state index contributed by atoms with van der Waals surface area (Å²) in [7, 11) is 0. The van der Waals surface area contributed by atoms with E-state index in [2.05, 4.69) is 35.8 Å². The Kier molecular flexibility index (Phi) is 3.83. The molecule has 3 aromatic rings. The monoisotopic (exact) mass is 334 g/mol. The second-order valence-corrected chi connectivity index (χ2v) is 6.45. The van der Waals surface area contributed by atoms with Crippen molar-refractivity contribution in [3.63, 3.8) is 0 Å². The zero-order valence-corrected chi connectivity index (χ0v) is 13.0. The van der Waals surface area contributed by atoms with Gasteiger partial charge in [-0.3, -0.25) is 4.90 Å². The number of rotatable bonds is 5. The fraction of sp³-hybridized carbons (Fsp3) is 0.462. The van der Waals surface area contributed by atoms with Crippen LogP contribution in [-0.4, -0.2) is 60.4 Å². The van der Waals surface area contributed by atoms with E-state index < -0.39 is 6.17 Å². The van der Waals surface area contributed by atoms with Crippen molar-refractivity contribution in [2.24, 2.45) is 0 Å². The molecule has 3 aromatic heterocycles. The molecule has 1 aliphatic rings. The van der Waals surface area contributed by atoms with Gasteiger partial charge in [0.05, 0.1) is 6.54 Å². The summed E-state index contributed by atoms with van der Waals surface area (Å²) in [5, 5.41) is 21.6. The van der Waals surface area contributed by atoms with E-state index in [-0.39, 0.29) is 6.04 Å². The van der Waals surface area contributed by atoms with Gasteiger partial charge < -0.3 is 5.32 Å². The molecule has 23 heavy (non-hydrogen) atoms. The maximum Gasteiger partial charge on any atom is 0.200 e. The van der Waals surface area contributed by atoms with Crippen LogP contribution in [0.1, 0.15) is 11.4 Å². The van der Waals surface area contributed by atoms with Crippen LogP contribution in [0.3, 0.4) is 0 Å². The number of nitrogens with zero attached hydrogens (tertiary/aromatic N) is 7. The molecular weight excluding hydrogens is 319 g/mol. The van der Waals surface area contributed by atoms with Crippen molar-refractivity contribution in [2.75, 3.05) is 18.4 Å². The first-order valence-electron chi connectivity index (χ1n) is 7.34. The topological polar surface area (TPSA) is 84.1 Å². The van der Waals surface area contributed by atoms with Gasteiger partial charge in [0.25, 0.3) is 0 Å². The average molecular weight is 334 g/mol. The molecule has 0 saturated carbocycles. The quantitative estimate of drug-likeness (QED) is 0.745. The summed E-state index contributed by atoms with van der Waals surface area (Å²) >= 11 is 1.60. The molecule has 2 atom stereocenters. The highest BCUT2D eigenvalue weighted by Crippen LogP contribution is 2.23. The number of hydrogen-bond donors (Lipinski definition) is 1. The summed E-state index contributed by atoms with van der Waals surface area (Å²) < 4.78 is 15.2. The van der Waals surface area contributed by atoms with E-state index >= 15 is 0 Å². The SMILES string of the molecule is F[C@H]1C[C@@H](CNc2ccc3nnnn3n2)N(Cc2nccs2)C1. The van der Waals surface area contributed by atoms with Crippen molar-refractivity contribution in [1.82, 2.24) is 35.1 Å². The molecule has 0 aromatic carbocycles. The van der Waals surface area contributed by atoms with Gasteiger partial charge in [-0.05, 0) is 29.0 Å². The molecule has 0 bridgehead atoms. The molecule has 1 N–H and O–H groups in total. The van der Waals surface area contributed by atoms with Crippen LogP contribution in [0, 0.1) is 0 Å². The van der Waals surface area contributed by atoms with Gasteiger partial charge in [-0.25, -0.2) is 9.37 Å². The molecule has 0 spiro atoms. The van der Waals surface area contributed by atoms with Gasteiger partial charge in [0, 0.05) is 30.7 Å². The molecule has 4 rings (SSSR count). The normalized spacial score (nSPS) is 22.0. The predicted octanol–water partition coefficient (Wildman–Crippen LogP) is 1.00. The summed E-state index contributed by atoms with van der Waals surface area (Å²) in [6.45, 7) is 1.75. The number of halogens is 1. The summed E-state index contributed by atoms with van der Waals surface area (Å²) in [5.41, 5.74) is 0.589. The van der Waals surface area contributed by atoms with Crippen molar-refractivity contribution in [3.05, 3.63) is 28.7 Å². The Morgan fingerprint density at radius 3 is 3.22 bits per heavy atom. The van der Waals surface area contributed by atoms with E-state index in [1.165, 1.54) is 4.63 Å². The highest BCUT2D eigenvalue weighted by molar-refractivity contribution is 7.09. The van der Waals surface area contributed by atoms with E-state index in [1.807, 2.05) is 11.4 Å². The fourth-order valence-electron chi connectivity index (χ4n) is 2.80. The summed E-state index contributed by atoms with van der Waals surface area (Å²) in [6, 6.07) is 3.72. The Morgan fingerprint density at radius 1 is 1.39 bits per heavy atom. The number of fused-ring (bicyclic) bond motifs is 1. The Bertz CT molecular complexity index is 775. The van der Waals surface area contributed by atoms with Gasteiger partial charge in [0.1, 0.15) is 17.0 Å². The van der Waals surface area contributed by atoms with Gasteiger partial charge in [-0.1, -0.05) is 0 Å². The van der Waals surface area contributed by atoms with Crippen LogP contribution in [0.2, 0.25) is 0 Å². The van der Waals surface area contributed by atoms with E-state index in [0.717, 1.165) is 5.01 Å². The molecule has 10 heteroatoms. The minimum Gasteiger partial charge on any atom is -0.367 e. The first kappa shape index (κ1) is 14.4. The molecule has 1 aliphatic heterocycles. The van der Waals surface area contributed by atoms with E-state index in [9.17, 15) is 4.39 Å². The standard InChI is InChI=1S/C13H15FN8S/c14-9-5-10(21(7-9)8-13-15-3-4-23-13)6-16-11-1-2-12-17-19-20-22(12)18-11/h1-4,9-10H,5-8H2,(H,16,18)/t9-,10-/m0/s1. The van der Waals surface area contributed by atoms with Gasteiger partial charge in [0.2, 0.25) is 0 Å². The van der Waals surface area contributed by atoms with Gasteiger partial charge >= 0.3 is 0 Å². The number of anilines is 1. The predicted molar refractivity (Wildman–Crippen MR) is 82.9 cm³/mol. The minimum absolute atomic E-state index is 0.111. The van der Waals surface area contributed by atoms with Crippen LogP contribution in [0.25, 0.3) is 5.65 Å². The second-order valence-electron chi connectivity index (χ2n) is 5.47. The largest absolute Gasteiger partial charge is 0.367 e. The Morgan fingerprint density at radius 2 is 2.35 bits per heavy atom. The van der Waals surface area contributed by atoms with Crippen molar-refractivity contribution in [2.45, 2.75) is 25.2 Å². The number of tetrazole rings is 1. The lowest BCUT2D eigenvalue weighted by Gasteiger charge is -2.23. The Balaban J connectivity index is 1.41. The lowest BCUT2D eigenvalue weighted by molar-refractivity contribution is 0.241. The van der Waals surface area contributed by atoms with Crippen LogP contribution < -0.4 is 5.32 Å². The van der Waals surface area contributed by atoms with Crippen molar-refractivity contribution in [1.29, 1.82) is 0 Å². The maximum absolute atomic E-state index is 13.8. The number of thiazole rings is 1. The number of alkyl halides is 1. The number of likely N-dealkylation sites (tertiary alicyclic amines) is 1. The van der Waals surface area contributed by atoms with E-state index in [4.69, 9.17) is 0 Å². The molecule has 120 valence electrons. The third-order valence-electron chi connectivity index (χ3n) is 3.89. The van der Waals surface area contributed by atoms with Gasteiger partial charge in [-0.15, -0.1) is 26.2 Å². The number of hydrogen-bond acceptors (Lipinski definition) is 8. The highest BCUT2D eigenvalue weighted by Gasteiger charge is 2.32. The Hall–Kier alpha value is -2.20. The van der Waals surface area contributed by atoms with Crippen LogP contribution in [0.5, 0.6) is 0 Å². The summed E-state index contributed by atoms with van der Waals surface area (Å²) in [6.07, 6.45) is 1.50. The molecule has 4 heterocycles. The smallest absolute Gasteiger partial charge is 0.200 e. The third kappa shape index (κ3) is 3.13.